The summed E-state index contributed by atoms with van der Waals surface area (Å²) in [6.45, 7) is 0. The van der Waals surface area contributed by atoms with E-state index < -0.39 is 10.3 Å². The molecule has 1 N–H and O–H groups in total. The van der Waals surface area contributed by atoms with E-state index in [1.54, 1.807) is 42.5 Å². The molecule has 0 saturated carbocycles. The van der Waals surface area contributed by atoms with Crippen LogP contribution in [0.4, 0.5) is 11.4 Å². The van der Waals surface area contributed by atoms with Crippen LogP contribution in [-0.4, -0.2) is 13.0 Å². The Morgan fingerprint density at radius 2 is 1.22 bits per heavy atom. The second-order valence-corrected chi connectivity index (χ2v) is 6.22. The van der Waals surface area contributed by atoms with E-state index in [0.717, 1.165) is 15.4 Å². The van der Waals surface area contributed by atoms with Crippen LogP contribution >= 0.6 is 0 Å². The highest BCUT2D eigenvalue weighted by Gasteiger charge is 2.24. The highest BCUT2D eigenvalue weighted by atomic mass is 32.2. The van der Waals surface area contributed by atoms with Gasteiger partial charge in [-0.15, -0.1) is 0 Å². The third-order valence-corrected chi connectivity index (χ3v) is 4.30. The van der Waals surface area contributed by atoms with E-state index in [2.05, 4.69) is 0 Å². The van der Waals surface area contributed by atoms with Gasteiger partial charge in [0.05, 0.1) is 11.4 Å². The molecule has 0 saturated heterocycles. The number of hydrogen-bond acceptors (Lipinski definition) is 2. The summed E-state index contributed by atoms with van der Waals surface area (Å²) in [7, 11) is -4.47. The van der Waals surface area contributed by atoms with Crippen molar-refractivity contribution in [3.63, 3.8) is 0 Å². The summed E-state index contributed by atoms with van der Waals surface area (Å²) >= 11 is 0. The fourth-order valence-corrected chi connectivity index (χ4v) is 3.27. The van der Waals surface area contributed by atoms with Gasteiger partial charge in [-0.05, 0) is 23.8 Å². The molecule has 0 spiro atoms. The lowest BCUT2D eigenvalue weighted by molar-refractivity contribution is 0.483. The minimum Gasteiger partial charge on any atom is -0.269 e. The molecule has 23 heavy (non-hydrogen) atoms. The van der Waals surface area contributed by atoms with Crippen LogP contribution < -0.4 is 4.31 Å². The highest BCUT2D eigenvalue weighted by molar-refractivity contribution is 7.87. The maximum absolute atomic E-state index is 12.0. The Bertz CT molecular complexity index is 894. The van der Waals surface area contributed by atoms with Crippen LogP contribution in [0.1, 0.15) is 0 Å². The van der Waals surface area contributed by atoms with Crippen molar-refractivity contribution in [2.75, 3.05) is 4.31 Å². The zero-order valence-corrected chi connectivity index (χ0v) is 13.0. The molecule has 0 aliphatic rings. The van der Waals surface area contributed by atoms with Crippen molar-refractivity contribution in [2.45, 2.75) is 0 Å². The largest absolute Gasteiger partial charge is 0.364 e. The topological polar surface area (TPSA) is 57.6 Å². The summed E-state index contributed by atoms with van der Waals surface area (Å²) in [6, 6.07) is 25.0. The zero-order chi connectivity index (χ0) is 16.3. The third kappa shape index (κ3) is 3.26. The Hall–Kier alpha value is -2.63. The van der Waals surface area contributed by atoms with Gasteiger partial charge >= 0.3 is 10.3 Å². The van der Waals surface area contributed by atoms with Crippen LogP contribution in [0.15, 0.2) is 84.9 Å². The van der Waals surface area contributed by atoms with E-state index in [-0.39, 0.29) is 0 Å². The van der Waals surface area contributed by atoms with Crippen molar-refractivity contribution >= 4 is 21.7 Å². The van der Waals surface area contributed by atoms with Crippen molar-refractivity contribution in [1.82, 2.24) is 0 Å². The van der Waals surface area contributed by atoms with E-state index in [4.69, 9.17) is 0 Å². The third-order valence-electron chi connectivity index (χ3n) is 3.43. The molecule has 0 fully saturated rings. The monoisotopic (exact) mass is 325 g/mol. The molecule has 116 valence electrons. The first-order valence-corrected chi connectivity index (χ1v) is 8.44. The van der Waals surface area contributed by atoms with E-state index in [9.17, 15) is 13.0 Å². The van der Waals surface area contributed by atoms with Gasteiger partial charge in [0.2, 0.25) is 0 Å². The Morgan fingerprint density at radius 1 is 0.696 bits per heavy atom. The predicted molar refractivity (Wildman–Crippen MR) is 92.0 cm³/mol. The summed E-state index contributed by atoms with van der Waals surface area (Å²) in [6.07, 6.45) is 0. The standard InChI is InChI=1S/C18H15NO3S/c20-23(21,22)19(16-11-5-2-6-12-16)18-14-8-7-13-17(18)15-9-3-1-4-10-15/h1-14H,(H,20,21,22). The normalized spacial score (nSPS) is 11.2. The molecule has 0 bridgehead atoms. The molecule has 3 aromatic carbocycles. The van der Waals surface area contributed by atoms with Gasteiger partial charge in [0.15, 0.2) is 0 Å². The molecule has 0 radical (unpaired) electrons. The fourth-order valence-electron chi connectivity index (χ4n) is 2.47. The van der Waals surface area contributed by atoms with E-state index >= 15 is 0 Å². The minimum absolute atomic E-state index is 0.374. The first-order valence-electron chi connectivity index (χ1n) is 7.04. The molecule has 0 aliphatic heterocycles. The number of para-hydroxylation sites is 2. The van der Waals surface area contributed by atoms with E-state index in [1.807, 2.05) is 42.5 Å². The van der Waals surface area contributed by atoms with Crippen LogP contribution in [0, 0.1) is 0 Å². The van der Waals surface area contributed by atoms with Gasteiger partial charge in [0.1, 0.15) is 0 Å². The summed E-state index contributed by atoms with van der Waals surface area (Å²) in [5.41, 5.74) is 2.35. The van der Waals surface area contributed by atoms with Crippen LogP contribution in [0.2, 0.25) is 0 Å². The second-order valence-electron chi connectivity index (χ2n) is 4.96. The Morgan fingerprint density at radius 3 is 1.83 bits per heavy atom. The average molecular weight is 325 g/mol. The van der Waals surface area contributed by atoms with Crippen molar-refractivity contribution in [2.24, 2.45) is 0 Å². The quantitative estimate of drug-likeness (QED) is 0.728. The molecule has 0 unspecified atom stereocenters. The Kier molecular flexibility index (Phi) is 4.14. The number of nitrogens with zero attached hydrogens (tertiary/aromatic N) is 1. The van der Waals surface area contributed by atoms with Crippen LogP contribution in [0.25, 0.3) is 11.1 Å². The molecular weight excluding hydrogens is 310 g/mol. The van der Waals surface area contributed by atoms with Crippen LogP contribution in [0.5, 0.6) is 0 Å². The molecule has 0 aromatic heterocycles. The number of benzene rings is 3. The highest BCUT2D eigenvalue weighted by Crippen LogP contribution is 2.36. The lowest BCUT2D eigenvalue weighted by Gasteiger charge is -2.23. The Labute approximate surface area is 135 Å². The maximum atomic E-state index is 12.0. The maximum Gasteiger partial charge on any atom is 0.364 e. The smallest absolute Gasteiger partial charge is 0.269 e. The Balaban J connectivity index is 2.23. The lowest BCUT2D eigenvalue weighted by Crippen LogP contribution is -2.25. The molecule has 0 amide bonds. The molecule has 4 nitrogen and oxygen atoms in total. The summed E-state index contributed by atoms with van der Waals surface area (Å²) < 4.78 is 34.7. The van der Waals surface area contributed by atoms with Gasteiger partial charge in [-0.1, -0.05) is 66.7 Å². The average Bonchev–Trinajstić information content (AvgIpc) is 2.56. The summed E-state index contributed by atoms with van der Waals surface area (Å²) in [5, 5.41) is 0. The molecule has 0 aliphatic carbocycles. The van der Waals surface area contributed by atoms with Crippen molar-refractivity contribution < 1.29 is 13.0 Å². The number of anilines is 2. The minimum atomic E-state index is -4.47. The summed E-state index contributed by atoms with van der Waals surface area (Å²) in [4.78, 5) is 0. The van der Waals surface area contributed by atoms with Crippen LogP contribution in [-0.2, 0) is 10.3 Å². The van der Waals surface area contributed by atoms with Crippen molar-refractivity contribution in [3.8, 4) is 11.1 Å². The number of rotatable bonds is 4. The van der Waals surface area contributed by atoms with Crippen LogP contribution in [0.3, 0.4) is 0 Å². The fraction of sp³-hybridized carbons (Fsp3) is 0. The van der Waals surface area contributed by atoms with Gasteiger partial charge in [0, 0.05) is 5.56 Å². The molecule has 3 aromatic rings. The van der Waals surface area contributed by atoms with Crippen molar-refractivity contribution in [1.29, 1.82) is 0 Å². The molecular formula is C18H15NO3S. The van der Waals surface area contributed by atoms with Crippen molar-refractivity contribution in [3.05, 3.63) is 84.9 Å². The van der Waals surface area contributed by atoms with Gasteiger partial charge in [-0.25, -0.2) is 4.31 Å². The van der Waals surface area contributed by atoms with E-state index in [0.29, 0.717) is 11.4 Å². The molecule has 3 rings (SSSR count). The number of hydrogen-bond donors (Lipinski definition) is 1. The van der Waals surface area contributed by atoms with Gasteiger partial charge in [0.25, 0.3) is 0 Å². The SMILES string of the molecule is O=S(=O)(O)N(c1ccccc1)c1ccccc1-c1ccccc1. The molecule has 5 heteroatoms. The lowest BCUT2D eigenvalue weighted by atomic mass is 10.0. The predicted octanol–water partition coefficient (Wildman–Crippen LogP) is 4.29. The molecule has 0 heterocycles. The van der Waals surface area contributed by atoms with E-state index in [1.165, 1.54) is 0 Å². The van der Waals surface area contributed by atoms with Gasteiger partial charge < -0.3 is 0 Å². The molecule has 0 atom stereocenters. The first kappa shape index (κ1) is 15.3. The zero-order valence-electron chi connectivity index (χ0n) is 12.2. The van der Waals surface area contributed by atoms with Gasteiger partial charge in [-0.3, -0.25) is 4.55 Å². The second kappa shape index (κ2) is 6.24. The van der Waals surface area contributed by atoms with Gasteiger partial charge in [-0.2, -0.15) is 8.42 Å². The summed E-state index contributed by atoms with van der Waals surface area (Å²) in [5.74, 6) is 0. The first-order chi connectivity index (χ1) is 11.1.